The minimum atomic E-state index is -0.318. The van der Waals surface area contributed by atoms with Gasteiger partial charge in [0.2, 0.25) is 0 Å². The Morgan fingerprint density at radius 3 is 2.85 bits per heavy atom. The number of nitrogens with one attached hydrogen (secondary N) is 1. The van der Waals surface area contributed by atoms with Gasteiger partial charge in [0, 0.05) is 31.6 Å². The molecule has 4 rings (SSSR count). The Hall–Kier alpha value is -2.41. The van der Waals surface area contributed by atoms with Gasteiger partial charge in [0.15, 0.2) is 5.78 Å². The Morgan fingerprint density at radius 1 is 1.42 bits per heavy atom. The maximum Gasteiger partial charge on any atom is 0.256 e. The van der Waals surface area contributed by atoms with Gasteiger partial charge in [0.25, 0.3) is 5.91 Å². The van der Waals surface area contributed by atoms with Gasteiger partial charge in [-0.05, 0) is 32.1 Å². The fourth-order valence-corrected chi connectivity index (χ4v) is 4.07. The molecule has 0 bridgehead atoms. The quantitative estimate of drug-likeness (QED) is 0.873. The van der Waals surface area contributed by atoms with E-state index in [0.29, 0.717) is 48.3 Å². The summed E-state index contributed by atoms with van der Waals surface area (Å²) in [5.74, 6) is 0.947. The fourth-order valence-electron chi connectivity index (χ4n) is 4.07. The molecule has 7 heteroatoms. The number of aryl methyl sites for hydroxylation is 3. The average molecular weight is 357 g/mol. The van der Waals surface area contributed by atoms with Gasteiger partial charge in [-0.3, -0.25) is 14.3 Å². The molecule has 1 fully saturated rings. The Labute approximate surface area is 151 Å². The van der Waals surface area contributed by atoms with Crippen molar-refractivity contribution >= 4 is 11.7 Å². The highest BCUT2D eigenvalue weighted by atomic mass is 16.3. The molecule has 0 unspecified atom stereocenters. The number of aromatic nitrogens is 2. The molecule has 0 saturated heterocycles. The van der Waals surface area contributed by atoms with Crippen molar-refractivity contribution in [3.63, 3.8) is 0 Å². The molecule has 2 aromatic rings. The molecule has 0 aromatic carbocycles. The second-order valence-electron chi connectivity index (χ2n) is 7.39. The molecule has 1 atom stereocenters. The van der Waals surface area contributed by atoms with E-state index in [9.17, 15) is 14.7 Å². The summed E-state index contributed by atoms with van der Waals surface area (Å²) in [6.07, 6.45) is 6.47. The Balaban J connectivity index is 1.63. The van der Waals surface area contributed by atoms with Crippen LogP contribution in [-0.2, 0) is 13.5 Å². The molecule has 2 heterocycles. The highest BCUT2D eigenvalue weighted by Crippen LogP contribution is 2.38. The normalized spacial score (nSPS) is 23.3. The van der Waals surface area contributed by atoms with Crippen LogP contribution in [0.25, 0.3) is 0 Å². The van der Waals surface area contributed by atoms with Crippen molar-refractivity contribution < 1.29 is 19.1 Å². The van der Waals surface area contributed by atoms with Crippen LogP contribution in [0.1, 0.15) is 69.5 Å². The van der Waals surface area contributed by atoms with E-state index in [1.165, 1.54) is 0 Å². The number of aliphatic hydroxyl groups is 1. The topological polar surface area (TPSA) is 97.4 Å². The number of hydrogen-bond acceptors (Lipinski definition) is 5. The monoisotopic (exact) mass is 357 g/mol. The van der Waals surface area contributed by atoms with Crippen molar-refractivity contribution in [2.75, 3.05) is 0 Å². The summed E-state index contributed by atoms with van der Waals surface area (Å²) in [5, 5.41) is 16.9. The minimum Gasteiger partial charge on any atom is -0.465 e. The van der Waals surface area contributed by atoms with Crippen molar-refractivity contribution in [1.82, 2.24) is 15.1 Å². The summed E-state index contributed by atoms with van der Waals surface area (Å²) >= 11 is 0. The summed E-state index contributed by atoms with van der Waals surface area (Å²) in [6.45, 7) is 1.73. The van der Waals surface area contributed by atoms with Crippen molar-refractivity contribution in [1.29, 1.82) is 0 Å². The van der Waals surface area contributed by atoms with E-state index in [-0.39, 0.29) is 29.8 Å². The summed E-state index contributed by atoms with van der Waals surface area (Å²) in [5.41, 5.74) is 1.71. The van der Waals surface area contributed by atoms with Gasteiger partial charge in [-0.15, -0.1) is 0 Å². The van der Waals surface area contributed by atoms with Crippen LogP contribution in [0.5, 0.6) is 0 Å². The van der Waals surface area contributed by atoms with Gasteiger partial charge in [-0.1, -0.05) is 0 Å². The molecule has 2 N–H and O–H groups in total. The molecule has 1 amide bonds. The number of amides is 1. The molecule has 26 heavy (non-hydrogen) atoms. The number of carbonyl (C=O) groups is 2. The molecule has 2 aliphatic rings. The fraction of sp³-hybridized carbons (Fsp3) is 0.526. The van der Waals surface area contributed by atoms with Crippen LogP contribution in [0.15, 0.2) is 16.8 Å². The second kappa shape index (κ2) is 6.39. The summed E-state index contributed by atoms with van der Waals surface area (Å²) in [4.78, 5) is 25.4. The molecule has 0 spiro atoms. The van der Waals surface area contributed by atoms with Crippen LogP contribution in [0, 0.1) is 12.8 Å². The lowest BCUT2D eigenvalue weighted by atomic mass is 9.75. The summed E-state index contributed by atoms with van der Waals surface area (Å²) in [7, 11) is 1.83. The van der Waals surface area contributed by atoms with E-state index in [1.54, 1.807) is 17.8 Å². The summed E-state index contributed by atoms with van der Waals surface area (Å²) < 4.78 is 7.39. The predicted octanol–water partition coefficient (Wildman–Crippen LogP) is 2.08. The maximum atomic E-state index is 13.0. The van der Waals surface area contributed by atoms with E-state index in [0.717, 1.165) is 12.0 Å². The minimum absolute atomic E-state index is 0.0229. The highest BCUT2D eigenvalue weighted by molar-refractivity contribution is 6.10. The van der Waals surface area contributed by atoms with Gasteiger partial charge in [0.05, 0.1) is 29.5 Å². The zero-order valence-electron chi connectivity index (χ0n) is 15.0. The molecule has 0 radical (unpaired) electrons. The molecule has 7 nitrogen and oxygen atoms in total. The second-order valence-corrected chi connectivity index (χ2v) is 7.39. The zero-order valence-corrected chi connectivity index (χ0v) is 15.0. The molecule has 2 aromatic heterocycles. The van der Waals surface area contributed by atoms with Crippen molar-refractivity contribution in [3.05, 3.63) is 40.6 Å². The van der Waals surface area contributed by atoms with Gasteiger partial charge in [0.1, 0.15) is 11.5 Å². The van der Waals surface area contributed by atoms with Crippen LogP contribution < -0.4 is 5.32 Å². The van der Waals surface area contributed by atoms with Crippen LogP contribution in [0.2, 0.25) is 0 Å². The first-order chi connectivity index (χ1) is 12.4. The molecule has 138 valence electrons. The molecular weight excluding hydrogens is 334 g/mol. The standard InChI is InChI=1S/C19H23N3O4/c1-10-16(17-14(24)4-3-5-15(17)26-10)19(25)21-18(11-6-13(23)7-11)12-8-20-22(2)9-12/h8-9,11,13,18,23H,3-7H2,1-2H3,(H,21,25)/t11?,13?,18-/m1/s1. The van der Waals surface area contributed by atoms with Gasteiger partial charge in [-0.2, -0.15) is 5.10 Å². The van der Waals surface area contributed by atoms with Crippen molar-refractivity contribution in [2.45, 2.75) is 51.2 Å². The Kier molecular flexibility index (Phi) is 4.19. The first kappa shape index (κ1) is 17.0. The van der Waals surface area contributed by atoms with Gasteiger partial charge >= 0.3 is 0 Å². The third kappa shape index (κ3) is 2.86. The number of fused-ring (bicyclic) bond motifs is 1. The van der Waals surface area contributed by atoms with E-state index in [1.807, 2.05) is 13.2 Å². The number of rotatable bonds is 4. The lowest BCUT2D eigenvalue weighted by Gasteiger charge is -2.37. The molecule has 1 saturated carbocycles. The number of ketones is 1. The molecular formula is C19H23N3O4. The summed E-state index contributed by atoms with van der Waals surface area (Å²) in [6, 6.07) is -0.247. The Morgan fingerprint density at radius 2 is 2.19 bits per heavy atom. The molecule has 2 aliphatic carbocycles. The number of aliphatic hydroxyl groups excluding tert-OH is 1. The third-order valence-corrected chi connectivity index (χ3v) is 5.46. The lowest BCUT2D eigenvalue weighted by molar-refractivity contribution is 0.0235. The average Bonchev–Trinajstić information content (AvgIpc) is 3.13. The SMILES string of the molecule is Cc1oc2c(c1C(=O)N[C@@H](c1cnn(C)c1)C1CC(O)C1)C(=O)CCC2. The largest absolute Gasteiger partial charge is 0.465 e. The zero-order chi connectivity index (χ0) is 18.4. The van der Waals surface area contributed by atoms with Crippen LogP contribution in [0.3, 0.4) is 0 Å². The van der Waals surface area contributed by atoms with Gasteiger partial charge in [-0.25, -0.2) is 0 Å². The van der Waals surface area contributed by atoms with E-state index < -0.39 is 0 Å². The highest BCUT2D eigenvalue weighted by Gasteiger charge is 2.38. The van der Waals surface area contributed by atoms with Crippen molar-refractivity contribution in [2.24, 2.45) is 13.0 Å². The lowest BCUT2D eigenvalue weighted by Crippen LogP contribution is -2.41. The smallest absolute Gasteiger partial charge is 0.256 e. The van der Waals surface area contributed by atoms with E-state index in [2.05, 4.69) is 10.4 Å². The van der Waals surface area contributed by atoms with E-state index >= 15 is 0 Å². The van der Waals surface area contributed by atoms with Crippen LogP contribution >= 0.6 is 0 Å². The number of nitrogens with zero attached hydrogens (tertiary/aromatic N) is 2. The first-order valence-corrected chi connectivity index (χ1v) is 9.07. The predicted molar refractivity (Wildman–Crippen MR) is 92.9 cm³/mol. The third-order valence-electron chi connectivity index (χ3n) is 5.46. The maximum absolute atomic E-state index is 13.0. The number of furan rings is 1. The number of hydrogen-bond donors (Lipinski definition) is 2. The van der Waals surface area contributed by atoms with Crippen LogP contribution in [-0.4, -0.2) is 32.7 Å². The molecule has 0 aliphatic heterocycles. The van der Waals surface area contributed by atoms with Crippen molar-refractivity contribution in [3.8, 4) is 0 Å². The first-order valence-electron chi connectivity index (χ1n) is 9.07. The van der Waals surface area contributed by atoms with Gasteiger partial charge < -0.3 is 14.8 Å². The Bertz CT molecular complexity index is 860. The number of Topliss-reactive ketones (excluding diaryl/α,β-unsaturated/α-hetero) is 1. The van der Waals surface area contributed by atoms with E-state index in [4.69, 9.17) is 4.42 Å². The van der Waals surface area contributed by atoms with Crippen LogP contribution in [0.4, 0.5) is 0 Å². The number of carbonyl (C=O) groups excluding carboxylic acids is 2.